The van der Waals surface area contributed by atoms with Crippen molar-refractivity contribution in [3.05, 3.63) is 71.3 Å². The molecule has 2 spiro atoms. The van der Waals surface area contributed by atoms with Crippen molar-refractivity contribution in [1.29, 1.82) is 0 Å². The van der Waals surface area contributed by atoms with E-state index in [0.717, 1.165) is 70.8 Å². The molecule has 3 heterocycles. The van der Waals surface area contributed by atoms with Gasteiger partial charge in [0.2, 0.25) is 5.91 Å². The van der Waals surface area contributed by atoms with Gasteiger partial charge in [-0.3, -0.25) is 9.69 Å². The van der Waals surface area contributed by atoms with Crippen molar-refractivity contribution in [2.24, 2.45) is 10.8 Å². The number of hydrogen-bond donors (Lipinski definition) is 0. The molecule has 0 bridgehead atoms. The number of carbonyl (C=O) groups is 1. The standard InChI is InChI=1S/C27H34N2O2/c1-22-7-9-23(10-8-22)17-25(30)29-14-11-26(12-15-29)19-28(18-24-5-3-2-4-6-24)20-27(26)13-16-31-21-27/h2-10H,11-21H2,1H3/t27-/m1/s1. The first-order valence-corrected chi connectivity index (χ1v) is 11.8. The van der Waals surface area contributed by atoms with Crippen molar-refractivity contribution in [1.82, 2.24) is 9.80 Å². The Balaban J connectivity index is 1.26. The predicted molar refractivity (Wildman–Crippen MR) is 123 cm³/mol. The number of carbonyl (C=O) groups excluding carboxylic acids is 1. The lowest BCUT2D eigenvalue weighted by Gasteiger charge is -2.47. The summed E-state index contributed by atoms with van der Waals surface area (Å²) >= 11 is 0. The van der Waals surface area contributed by atoms with E-state index in [1.54, 1.807) is 0 Å². The summed E-state index contributed by atoms with van der Waals surface area (Å²) < 4.78 is 5.96. The van der Waals surface area contributed by atoms with E-state index < -0.39 is 0 Å². The lowest BCUT2D eigenvalue weighted by atomic mass is 9.60. The van der Waals surface area contributed by atoms with E-state index in [1.165, 1.54) is 11.1 Å². The minimum absolute atomic E-state index is 0.258. The number of piperidine rings is 1. The first-order chi connectivity index (χ1) is 15.1. The highest BCUT2D eigenvalue weighted by atomic mass is 16.5. The molecule has 2 aromatic rings. The summed E-state index contributed by atoms with van der Waals surface area (Å²) in [6.45, 7) is 8.88. The molecule has 31 heavy (non-hydrogen) atoms. The summed E-state index contributed by atoms with van der Waals surface area (Å²) in [4.78, 5) is 17.7. The third-order valence-electron chi connectivity index (χ3n) is 8.08. The maximum atomic E-state index is 13.0. The Labute approximate surface area is 186 Å². The first-order valence-electron chi connectivity index (χ1n) is 11.8. The van der Waals surface area contributed by atoms with Gasteiger partial charge in [0.1, 0.15) is 0 Å². The number of fused-ring (bicyclic) bond motifs is 1. The maximum Gasteiger partial charge on any atom is 0.226 e. The number of aryl methyl sites for hydroxylation is 1. The van der Waals surface area contributed by atoms with E-state index in [0.29, 0.717) is 6.42 Å². The lowest BCUT2D eigenvalue weighted by molar-refractivity contribution is -0.134. The molecule has 1 atom stereocenters. The Hall–Kier alpha value is -2.17. The van der Waals surface area contributed by atoms with Crippen molar-refractivity contribution < 1.29 is 9.53 Å². The molecular weight excluding hydrogens is 384 g/mol. The number of rotatable bonds is 4. The summed E-state index contributed by atoms with van der Waals surface area (Å²) in [6, 6.07) is 19.2. The molecule has 3 saturated heterocycles. The van der Waals surface area contributed by atoms with Gasteiger partial charge in [0, 0.05) is 44.7 Å². The average Bonchev–Trinajstić information content (AvgIpc) is 3.37. The quantitative estimate of drug-likeness (QED) is 0.750. The average molecular weight is 419 g/mol. The molecule has 0 aromatic heterocycles. The van der Waals surface area contributed by atoms with Crippen LogP contribution in [0, 0.1) is 17.8 Å². The number of amides is 1. The molecule has 3 fully saturated rings. The Kier molecular flexibility index (Phi) is 5.61. The summed E-state index contributed by atoms with van der Waals surface area (Å²) in [5.74, 6) is 0.273. The molecule has 2 aromatic carbocycles. The molecule has 0 aliphatic carbocycles. The third kappa shape index (κ3) is 4.04. The van der Waals surface area contributed by atoms with Crippen LogP contribution in [-0.4, -0.2) is 55.1 Å². The summed E-state index contributed by atoms with van der Waals surface area (Å²) in [6.07, 6.45) is 3.87. The molecule has 1 amide bonds. The van der Waals surface area contributed by atoms with E-state index in [4.69, 9.17) is 4.74 Å². The van der Waals surface area contributed by atoms with Crippen LogP contribution in [0.1, 0.15) is 36.0 Å². The van der Waals surface area contributed by atoms with Gasteiger partial charge < -0.3 is 9.64 Å². The first kappa shape index (κ1) is 20.7. The predicted octanol–water partition coefficient (Wildman–Crippen LogP) is 4.07. The van der Waals surface area contributed by atoms with E-state index >= 15 is 0 Å². The molecule has 4 nitrogen and oxygen atoms in total. The zero-order valence-corrected chi connectivity index (χ0v) is 18.7. The van der Waals surface area contributed by atoms with Crippen LogP contribution in [0.15, 0.2) is 54.6 Å². The Morgan fingerprint density at radius 3 is 2.29 bits per heavy atom. The van der Waals surface area contributed by atoms with Crippen LogP contribution in [0.4, 0.5) is 0 Å². The van der Waals surface area contributed by atoms with Crippen molar-refractivity contribution in [2.75, 3.05) is 39.4 Å². The summed E-state index contributed by atoms with van der Waals surface area (Å²) in [5, 5.41) is 0. The third-order valence-corrected chi connectivity index (χ3v) is 8.08. The van der Waals surface area contributed by atoms with Gasteiger partial charge in [-0.1, -0.05) is 60.2 Å². The molecule has 3 aliphatic heterocycles. The van der Waals surface area contributed by atoms with Gasteiger partial charge in [0.15, 0.2) is 0 Å². The molecular formula is C27H34N2O2. The summed E-state index contributed by atoms with van der Waals surface area (Å²) in [7, 11) is 0. The highest BCUT2D eigenvalue weighted by molar-refractivity contribution is 5.78. The second kappa shape index (κ2) is 8.40. The van der Waals surface area contributed by atoms with Gasteiger partial charge in [-0.05, 0) is 42.7 Å². The molecule has 0 saturated carbocycles. The van der Waals surface area contributed by atoms with Crippen LogP contribution < -0.4 is 0 Å². The smallest absolute Gasteiger partial charge is 0.226 e. The zero-order chi connectivity index (χ0) is 21.3. The summed E-state index contributed by atoms with van der Waals surface area (Å²) in [5.41, 5.74) is 4.28. The minimum Gasteiger partial charge on any atom is -0.381 e. The van der Waals surface area contributed by atoms with Gasteiger partial charge in [0.05, 0.1) is 13.0 Å². The van der Waals surface area contributed by atoms with Gasteiger partial charge in [0.25, 0.3) is 0 Å². The van der Waals surface area contributed by atoms with Crippen LogP contribution in [0.3, 0.4) is 0 Å². The van der Waals surface area contributed by atoms with Gasteiger partial charge >= 0.3 is 0 Å². The second-order valence-corrected chi connectivity index (χ2v) is 10.0. The number of nitrogens with zero attached hydrogens (tertiary/aromatic N) is 2. The number of ether oxygens (including phenoxy) is 1. The minimum atomic E-state index is 0.258. The molecule has 4 heteroatoms. The molecule has 3 aliphatic rings. The molecule has 164 valence electrons. The maximum absolute atomic E-state index is 13.0. The number of hydrogen-bond acceptors (Lipinski definition) is 3. The van der Waals surface area contributed by atoms with Crippen LogP contribution in [0.25, 0.3) is 0 Å². The normalized spacial score (nSPS) is 25.5. The fourth-order valence-corrected chi connectivity index (χ4v) is 6.22. The molecule has 0 radical (unpaired) electrons. The SMILES string of the molecule is Cc1ccc(CC(=O)N2CCC3(CC2)CN(Cc2ccccc2)C[C@@]32CCOC2)cc1. The van der Waals surface area contributed by atoms with E-state index in [-0.39, 0.29) is 16.7 Å². The van der Waals surface area contributed by atoms with Crippen molar-refractivity contribution in [2.45, 2.75) is 39.2 Å². The van der Waals surface area contributed by atoms with E-state index in [9.17, 15) is 4.79 Å². The molecule has 5 rings (SSSR count). The fraction of sp³-hybridized carbons (Fsp3) is 0.519. The van der Waals surface area contributed by atoms with Crippen LogP contribution in [0.5, 0.6) is 0 Å². The van der Waals surface area contributed by atoms with E-state index in [1.807, 2.05) is 0 Å². The van der Waals surface area contributed by atoms with Crippen LogP contribution in [-0.2, 0) is 22.5 Å². The van der Waals surface area contributed by atoms with Crippen molar-refractivity contribution in [3.8, 4) is 0 Å². The van der Waals surface area contributed by atoms with E-state index in [2.05, 4.69) is 71.3 Å². The number of likely N-dealkylation sites (tertiary alicyclic amines) is 2. The van der Waals surface area contributed by atoms with Crippen LogP contribution >= 0.6 is 0 Å². The number of benzene rings is 2. The Bertz CT molecular complexity index is 895. The highest BCUT2D eigenvalue weighted by Gasteiger charge is 2.59. The Morgan fingerprint density at radius 1 is 0.903 bits per heavy atom. The van der Waals surface area contributed by atoms with Crippen molar-refractivity contribution >= 4 is 5.91 Å². The molecule has 0 N–H and O–H groups in total. The Morgan fingerprint density at radius 2 is 1.61 bits per heavy atom. The van der Waals surface area contributed by atoms with Gasteiger partial charge in [-0.2, -0.15) is 0 Å². The van der Waals surface area contributed by atoms with Crippen molar-refractivity contribution in [3.63, 3.8) is 0 Å². The fourth-order valence-electron chi connectivity index (χ4n) is 6.22. The van der Waals surface area contributed by atoms with Crippen LogP contribution in [0.2, 0.25) is 0 Å². The lowest BCUT2D eigenvalue weighted by Crippen LogP contribution is -2.51. The molecule has 0 unspecified atom stereocenters. The monoisotopic (exact) mass is 418 g/mol. The largest absolute Gasteiger partial charge is 0.381 e. The zero-order valence-electron chi connectivity index (χ0n) is 18.7. The van der Waals surface area contributed by atoms with Gasteiger partial charge in [-0.15, -0.1) is 0 Å². The topological polar surface area (TPSA) is 32.8 Å². The highest BCUT2D eigenvalue weighted by Crippen LogP contribution is 2.57. The second-order valence-electron chi connectivity index (χ2n) is 10.0. The van der Waals surface area contributed by atoms with Gasteiger partial charge in [-0.25, -0.2) is 0 Å².